The average Bonchev–Trinajstić information content (AvgIpc) is 3.15. The molecule has 0 saturated carbocycles. The van der Waals surface area contributed by atoms with Crippen molar-refractivity contribution in [2.75, 3.05) is 5.84 Å². The summed E-state index contributed by atoms with van der Waals surface area (Å²) >= 11 is 15.1. The predicted octanol–water partition coefficient (Wildman–Crippen LogP) is 4.73. The molecule has 29 heavy (non-hydrogen) atoms. The quantitative estimate of drug-likeness (QED) is 0.332. The molecule has 11 heteroatoms. The maximum Gasteiger partial charge on any atom is 0.259 e. The summed E-state index contributed by atoms with van der Waals surface area (Å²) < 4.78 is 1.37. The van der Waals surface area contributed by atoms with Crippen molar-refractivity contribution in [3.63, 3.8) is 0 Å². The number of H-pyrrole nitrogens is 1. The highest BCUT2D eigenvalue weighted by atomic mass is 35.5. The van der Waals surface area contributed by atoms with Gasteiger partial charge in [0, 0.05) is 15.5 Å². The topological polar surface area (TPSA) is 102 Å². The Morgan fingerprint density at radius 2 is 2.03 bits per heavy atom. The number of nitrogens with zero attached hydrogens (tertiary/aromatic N) is 4. The first-order valence-corrected chi connectivity index (χ1v) is 11.0. The van der Waals surface area contributed by atoms with Crippen LogP contribution in [0.3, 0.4) is 0 Å². The third-order valence-corrected chi connectivity index (χ3v) is 7.28. The van der Waals surface area contributed by atoms with Crippen LogP contribution in [0, 0.1) is 13.8 Å². The molecule has 3 heterocycles. The second-order valence-electron chi connectivity index (χ2n) is 6.47. The summed E-state index contributed by atoms with van der Waals surface area (Å²) in [6.45, 7) is 5.84. The van der Waals surface area contributed by atoms with Crippen molar-refractivity contribution >= 4 is 56.5 Å². The largest absolute Gasteiger partial charge is 0.335 e. The maximum atomic E-state index is 12.5. The molecular formula is C18H16Cl2N6OS2. The Labute approximate surface area is 184 Å². The number of nitrogen functional groups attached to an aromatic ring is 1. The van der Waals surface area contributed by atoms with Gasteiger partial charge in [0.15, 0.2) is 5.82 Å². The van der Waals surface area contributed by atoms with Crippen LogP contribution in [-0.2, 0) is 0 Å². The summed E-state index contributed by atoms with van der Waals surface area (Å²) in [4.78, 5) is 21.9. The normalized spacial score (nSPS) is 12.6. The number of nitrogens with one attached hydrogen (secondary N) is 1. The summed E-state index contributed by atoms with van der Waals surface area (Å²) in [7, 11) is 0. The number of rotatable bonds is 4. The zero-order valence-electron chi connectivity index (χ0n) is 15.7. The summed E-state index contributed by atoms with van der Waals surface area (Å²) in [5.74, 6) is 7.18. The average molecular weight is 467 g/mol. The Kier molecular flexibility index (Phi) is 5.32. The van der Waals surface area contributed by atoms with E-state index in [1.807, 2.05) is 20.8 Å². The molecule has 150 valence electrons. The third-order valence-electron chi connectivity index (χ3n) is 4.56. The van der Waals surface area contributed by atoms with Gasteiger partial charge in [0.1, 0.15) is 10.7 Å². The molecule has 0 amide bonds. The van der Waals surface area contributed by atoms with Crippen molar-refractivity contribution in [1.82, 2.24) is 24.8 Å². The van der Waals surface area contributed by atoms with Gasteiger partial charge in [-0.2, -0.15) is 0 Å². The lowest BCUT2D eigenvalue weighted by atomic mass is 10.2. The first-order chi connectivity index (χ1) is 13.8. The van der Waals surface area contributed by atoms with Crippen LogP contribution in [0.25, 0.3) is 21.6 Å². The van der Waals surface area contributed by atoms with E-state index in [2.05, 4.69) is 20.2 Å². The molecule has 0 radical (unpaired) electrons. The van der Waals surface area contributed by atoms with E-state index >= 15 is 0 Å². The highest BCUT2D eigenvalue weighted by molar-refractivity contribution is 7.99. The van der Waals surface area contributed by atoms with Crippen molar-refractivity contribution in [1.29, 1.82) is 0 Å². The molecule has 3 aromatic heterocycles. The monoisotopic (exact) mass is 466 g/mol. The third kappa shape index (κ3) is 3.63. The minimum atomic E-state index is -0.199. The molecule has 3 N–H and O–H groups in total. The molecule has 4 aromatic rings. The molecule has 0 aliphatic carbocycles. The standard InChI is InChI=1S/C18H16Cl2N6OS2/c1-7-8(2)28-17-13(7)16(27)22-14(23-17)9(3)29-18-25-24-15(26(18)21)11-5-4-10(19)6-12(11)20/h4-6,9H,21H2,1-3H3,(H,22,23,27)/t9-/m1/s1. The second-order valence-corrected chi connectivity index (χ2v) is 9.83. The van der Waals surface area contributed by atoms with Crippen molar-refractivity contribution < 1.29 is 0 Å². The van der Waals surface area contributed by atoms with Crippen molar-refractivity contribution in [3.05, 3.63) is 54.9 Å². The first kappa shape index (κ1) is 20.2. The number of aromatic amines is 1. The highest BCUT2D eigenvalue weighted by Crippen LogP contribution is 2.35. The zero-order valence-corrected chi connectivity index (χ0v) is 18.8. The van der Waals surface area contributed by atoms with E-state index in [9.17, 15) is 4.79 Å². The fraction of sp³-hybridized carbons (Fsp3) is 0.222. The predicted molar refractivity (Wildman–Crippen MR) is 120 cm³/mol. The van der Waals surface area contributed by atoms with Gasteiger partial charge in [0.05, 0.1) is 15.7 Å². The van der Waals surface area contributed by atoms with Gasteiger partial charge in [-0.1, -0.05) is 35.0 Å². The number of thiophene rings is 1. The number of hydrogen-bond donors (Lipinski definition) is 2. The Morgan fingerprint density at radius 3 is 2.76 bits per heavy atom. The van der Waals surface area contributed by atoms with Gasteiger partial charge in [-0.3, -0.25) is 4.79 Å². The smallest absolute Gasteiger partial charge is 0.259 e. The van der Waals surface area contributed by atoms with Crippen LogP contribution in [0.1, 0.15) is 28.4 Å². The minimum absolute atomic E-state index is 0.137. The van der Waals surface area contributed by atoms with Gasteiger partial charge in [-0.25, -0.2) is 9.66 Å². The maximum absolute atomic E-state index is 12.5. The van der Waals surface area contributed by atoms with E-state index in [-0.39, 0.29) is 10.8 Å². The molecule has 7 nitrogen and oxygen atoms in total. The van der Waals surface area contributed by atoms with E-state index in [0.717, 1.165) is 15.3 Å². The van der Waals surface area contributed by atoms with Crippen LogP contribution in [0.5, 0.6) is 0 Å². The molecule has 0 fully saturated rings. The van der Waals surface area contributed by atoms with Crippen molar-refractivity contribution in [2.45, 2.75) is 31.2 Å². The van der Waals surface area contributed by atoms with Gasteiger partial charge >= 0.3 is 0 Å². The summed E-state index contributed by atoms with van der Waals surface area (Å²) in [5, 5.41) is 10.2. The van der Waals surface area contributed by atoms with Crippen molar-refractivity contribution in [3.8, 4) is 11.4 Å². The van der Waals surface area contributed by atoms with Gasteiger partial charge in [-0.15, -0.1) is 21.5 Å². The van der Waals surface area contributed by atoms with Crippen LogP contribution in [0.4, 0.5) is 0 Å². The fourth-order valence-corrected chi connectivity index (χ4v) is 5.25. The Balaban J connectivity index is 1.66. The molecule has 0 unspecified atom stereocenters. The number of thioether (sulfide) groups is 1. The van der Waals surface area contributed by atoms with E-state index in [0.29, 0.717) is 37.8 Å². The van der Waals surface area contributed by atoms with Crippen LogP contribution in [0.2, 0.25) is 10.0 Å². The summed E-state index contributed by atoms with van der Waals surface area (Å²) in [6.07, 6.45) is 0. The Bertz CT molecular complexity index is 1300. The van der Waals surface area contributed by atoms with Gasteiger partial charge < -0.3 is 10.8 Å². The van der Waals surface area contributed by atoms with Crippen LogP contribution in [0.15, 0.2) is 28.2 Å². The molecule has 0 aliphatic rings. The van der Waals surface area contributed by atoms with Crippen LogP contribution >= 0.6 is 46.3 Å². The molecule has 1 aromatic carbocycles. The lowest BCUT2D eigenvalue weighted by molar-refractivity contribution is 0.835. The van der Waals surface area contributed by atoms with Crippen LogP contribution in [-0.4, -0.2) is 24.8 Å². The number of nitrogens with two attached hydrogens (primary N) is 1. The number of aryl methyl sites for hydroxylation is 2. The van der Waals surface area contributed by atoms with Gasteiger partial charge in [-0.05, 0) is 44.5 Å². The molecule has 1 atom stereocenters. The second kappa shape index (κ2) is 7.64. The van der Waals surface area contributed by atoms with E-state index < -0.39 is 0 Å². The van der Waals surface area contributed by atoms with Crippen molar-refractivity contribution in [2.24, 2.45) is 0 Å². The molecule has 0 bridgehead atoms. The highest BCUT2D eigenvalue weighted by Gasteiger charge is 2.20. The molecule has 0 saturated heterocycles. The number of fused-ring (bicyclic) bond motifs is 1. The van der Waals surface area contributed by atoms with E-state index in [1.165, 1.54) is 27.8 Å². The number of halogens is 2. The Morgan fingerprint density at radius 1 is 1.28 bits per heavy atom. The molecular weight excluding hydrogens is 451 g/mol. The van der Waals surface area contributed by atoms with Crippen LogP contribution < -0.4 is 11.4 Å². The molecule has 0 aliphatic heterocycles. The number of benzene rings is 1. The molecule has 4 rings (SSSR count). The van der Waals surface area contributed by atoms with Gasteiger partial charge in [0.25, 0.3) is 5.56 Å². The minimum Gasteiger partial charge on any atom is -0.335 e. The molecule has 0 spiro atoms. The summed E-state index contributed by atoms with van der Waals surface area (Å²) in [5.41, 5.74) is 1.46. The zero-order chi connectivity index (χ0) is 20.9. The lowest BCUT2D eigenvalue weighted by Gasteiger charge is -2.10. The summed E-state index contributed by atoms with van der Waals surface area (Å²) in [6, 6.07) is 5.07. The number of hydrogen-bond acceptors (Lipinski definition) is 7. The van der Waals surface area contributed by atoms with E-state index in [4.69, 9.17) is 29.0 Å². The number of aromatic nitrogens is 5. The first-order valence-electron chi connectivity index (χ1n) is 8.58. The fourth-order valence-electron chi connectivity index (χ4n) is 2.89. The van der Waals surface area contributed by atoms with E-state index in [1.54, 1.807) is 18.2 Å². The SMILES string of the molecule is Cc1sc2nc([C@@H](C)Sc3nnc(-c4ccc(Cl)cc4Cl)n3N)[nH]c(=O)c2c1C. The van der Waals surface area contributed by atoms with Gasteiger partial charge in [0.2, 0.25) is 5.16 Å². The Hall–Kier alpha value is -2.07. The lowest BCUT2D eigenvalue weighted by Crippen LogP contribution is -2.14.